The highest BCUT2D eigenvalue weighted by atomic mass is 35.5. The largest absolute Gasteiger partial charge is 0.489 e. The van der Waals surface area contributed by atoms with E-state index in [-0.39, 0.29) is 0 Å². The van der Waals surface area contributed by atoms with Crippen LogP contribution in [0, 0.1) is 6.92 Å². The number of aryl methyl sites for hydroxylation is 1. The van der Waals surface area contributed by atoms with Crippen LogP contribution in [0.5, 0.6) is 5.75 Å². The number of nitrogens with zero attached hydrogens (tertiary/aromatic N) is 2. The molecule has 0 aliphatic heterocycles. The Balaban J connectivity index is 1.69. The Bertz CT molecular complexity index is 757. The van der Waals surface area contributed by atoms with Gasteiger partial charge in [0, 0.05) is 17.1 Å². The van der Waals surface area contributed by atoms with Gasteiger partial charge in [0.15, 0.2) is 0 Å². The number of benzene rings is 2. The van der Waals surface area contributed by atoms with Crippen LogP contribution in [0.25, 0.3) is 0 Å². The van der Waals surface area contributed by atoms with Gasteiger partial charge in [0.1, 0.15) is 18.7 Å². The van der Waals surface area contributed by atoms with Crippen molar-refractivity contribution < 1.29 is 4.74 Å². The number of halogens is 1. The molecule has 1 aromatic heterocycles. The maximum Gasteiger partial charge on any atom is 0.242 e. The van der Waals surface area contributed by atoms with Crippen LogP contribution >= 0.6 is 11.6 Å². The van der Waals surface area contributed by atoms with Gasteiger partial charge >= 0.3 is 0 Å². The number of rotatable bonds is 6. The van der Waals surface area contributed by atoms with E-state index in [9.17, 15) is 0 Å². The van der Waals surface area contributed by atoms with Crippen molar-refractivity contribution in [3.63, 3.8) is 0 Å². The van der Waals surface area contributed by atoms with Gasteiger partial charge < -0.3 is 10.1 Å². The smallest absolute Gasteiger partial charge is 0.242 e. The molecule has 6 heteroatoms. The summed E-state index contributed by atoms with van der Waals surface area (Å²) in [5, 5.41) is 10.4. The summed E-state index contributed by atoms with van der Waals surface area (Å²) in [6.45, 7) is 3.11. The van der Waals surface area contributed by atoms with Gasteiger partial charge in [0.25, 0.3) is 0 Å². The van der Waals surface area contributed by atoms with Crippen LogP contribution in [0.4, 0.5) is 5.95 Å². The second-order valence-electron chi connectivity index (χ2n) is 5.20. The van der Waals surface area contributed by atoms with E-state index in [0.717, 1.165) is 16.9 Å². The Labute approximate surface area is 139 Å². The zero-order valence-electron chi connectivity index (χ0n) is 12.7. The number of hydrogen-bond acceptors (Lipinski definition) is 4. The number of hydrogen-bond donors (Lipinski definition) is 2. The van der Waals surface area contributed by atoms with Crippen molar-refractivity contribution in [1.82, 2.24) is 15.2 Å². The van der Waals surface area contributed by atoms with Crippen LogP contribution in [0.15, 0.2) is 48.8 Å². The highest BCUT2D eigenvalue weighted by molar-refractivity contribution is 6.30. The number of H-pyrrole nitrogens is 1. The summed E-state index contributed by atoms with van der Waals surface area (Å²) in [5.41, 5.74) is 3.31. The molecule has 0 saturated carbocycles. The van der Waals surface area contributed by atoms with Gasteiger partial charge in [0.05, 0.1) is 0 Å². The first-order valence-electron chi connectivity index (χ1n) is 7.27. The Morgan fingerprint density at radius 2 is 2.00 bits per heavy atom. The molecule has 0 saturated heterocycles. The van der Waals surface area contributed by atoms with Crippen LogP contribution < -0.4 is 10.1 Å². The van der Waals surface area contributed by atoms with Crippen molar-refractivity contribution in [2.45, 2.75) is 20.1 Å². The lowest BCUT2D eigenvalue weighted by Gasteiger charge is -2.12. The van der Waals surface area contributed by atoms with Gasteiger partial charge in [-0.05, 0) is 30.7 Å². The van der Waals surface area contributed by atoms with E-state index >= 15 is 0 Å². The molecule has 3 rings (SSSR count). The van der Waals surface area contributed by atoms with Crippen molar-refractivity contribution in [3.8, 4) is 5.75 Å². The van der Waals surface area contributed by atoms with E-state index in [1.54, 1.807) is 0 Å². The molecule has 5 nitrogen and oxygen atoms in total. The molecule has 0 spiro atoms. The highest BCUT2D eigenvalue weighted by Gasteiger charge is 2.07. The van der Waals surface area contributed by atoms with E-state index in [0.29, 0.717) is 24.1 Å². The van der Waals surface area contributed by atoms with Gasteiger partial charge in [-0.25, -0.2) is 4.98 Å². The molecule has 0 bridgehead atoms. The quantitative estimate of drug-likeness (QED) is 0.719. The third-order valence-corrected chi connectivity index (χ3v) is 3.62. The number of ether oxygens (including phenoxy) is 1. The van der Waals surface area contributed by atoms with Gasteiger partial charge in [-0.15, -0.1) is 5.10 Å². The predicted molar refractivity (Wildman–Crippen MR) is 90.7 cm³/mol. The zero-order valence-corrected chi connectivity index (χ0v) is 13.5. The van der Waals surface area contributed by atoms with Crippen LogP contribution in [0.2, 0.25) is 5.02 Å². The first-order chi connectivity index (χ1) is 11.2. The minimum Gasteiger partial charge on any atom is -0.489 e. The predicted octanol–water partition coefficient (Wildman–Crippen LogP) is 3.96. The second-order valence-corrected chi connectivity index (χ2v) is 5.64. The molecule has 2 N–H and O–H groups in total. The molecule has 23 heavy (non-hydrogen) atoms. The Morgan fingerprint density at radius 1 is 1.17 bits per heavy atom. The van der Waals surface area contributed by atoms with Gasteiger partial charge in [-0.3, -0.25) is 5.10 Å². The minimum atomic E-state index is 0.509. The van der Waals surface area contributed by atoms with Gasteiger partial charge in [-0.1, -0.05) is 41.4 Å². The number of aromatic nitrogens is 3. The zero-order chi connectivity index (χ0) is 16.1. The summed E-state index contributed by atoms with van der Waals surface area (Å²) < 4.78 is 5.94. The van der Waals surface area contributed by atoms with Crippen molar-refractivity contribution in [2.24, 2.45) is 0 Å². The van der Waals surface area contributed by atoms with Crippen molar-refractivity contribution in [2.75, 3.05) is 5.32 Å². The molecule has 0 fully saturated rings. The lowest BCUT2D eigenvalue weighted by molar-refractivity contribution is 0.303. The van der Waals surface area contributed by atoms with Crippen molar-refractivity contribution in [3.05, 3.63) is 70.5 Å². The average molecular weight is 329 g/mol. The molecule has 2 aromatic carbocycles. The van der Waals surface area contributed by atoms with Crippen LogP contribution in [-0.4, -0.2) is 15.2 Å². The molecule has 118 valence electrons. The molecule has 0 unspecified atom stereocenters. The van der Waals surface area contributed by atoms with Gasteiger partial charge in [0.2, 0.25) is 5.95 Å². The normalized spacial score (nSPS) is 10.5. The van der Waals surface area contributed by atoms with Crippen molar-refractivity contribution in [1.29, 1.82) is 0 Å². The fourth-order valence-electron chi connectivity index (χ4n) is 2.14. The molecule has 0 atom stereocenters. The van der Waals surface area contributed by atoms with Crippen molar-refractivity contribution >= 4 is 17.5 Å². The van der Waals surface area contributed by atoms with E-state index in [1.807, 2.05) is 18.2 Å². The third kappa shape index (κ3) is 4.23. The van der Waals surface area contributed by atoms with Crippen LogP contribution in [0.3, 0.4) is 0 Å². The minimum absolute atomic E-state index is 0.509. The molecular weight excluding hydrogens is 312 g/mol. The summed E-state index contributed by atoms with van der Waals surface area (Å²) in [7, 11) is 0. The molecule has 3 aromatic rings. The Morgan fingerprint density at radius 3 is 2.74 bits per heavy atom. The SMILES string of the molecule is Cc1ccc(COc2ccc(Cl)cc2CNc2nc[nH]n2)cc1. The standard InChI is InChI=1S/C17H17ClN4O/c1-12-2-4-13(5-3-12)10-23-16-7-6-15(18)8-14(16)9-19-17-20-11-21-22-17/h2-8,11H,9-10H2,1H3,(H2,19,20,21,22). The molecule has 0 amide bonds. The third-order valence-electron chi connectivity index (χ3n) is 3.39. The van der Waals surface area contributed by atoms with Crippen LogP contribution in [-0.2, 0) is 13.2 Å². The Kier molecular flexibility index (Phi) is 4.78. The molecular formula is C17H17ClN4O. The summed E-state index contributed by atoms with van der Waals surface area (Å²) in [4.78, 5) is 4.03. The molecule has 0 radical (unpaired) electrons. The van der Waals surface area contributed by atoms with Crippen LogP contribution in [0.1, 0.15) is 16.7 Å². The van der Waals surface area contributed by atoms with E-state index < -0.39 is 0 Å². The molecule has 0 aliphatic carbocycles. The summed E-state index contributed by atoms with van der Waals surface area (Å²) in [5.74, 6) is 1.33. The Hall–Kier alpha value is -2.53. The van der Waals surface area contributed by atoms with E-state index in [1.165, 1.54) is 11.9 Å². The second kappa shape index (κ2) is 7.15. The van der Waals surface area contributed by atoms with E-state index in [2.05, 4.69) is 51.7 Å². The average Bonchev–Trinajstić information content (AvgIpc) is 3.07. The summed E-state index contributed by atoms with van der Waals surface area (Å²) >= 11 is 6.09. The first kappa shape index (κ1) is 15.4. The highest BCUT2D eigenvalue weighted by Crippen LogP contribution is 2.24. The maximum absolute atomic E-state index is 6.09. The maximum atomic E-state index is 6.09. The number of anilines is 1. The van der Waals surface area contributed by atoms with Gasteiger partial charge in [-0.2, -0.15) is 0 Å². The topological polar surface area (TPSA) is 62.8 Å². The summed E-state index contributed by atoms with van der Waals surface area (Å²) in [6, 6.07) is 13.9. The summed E-state index contributed by atoms with van der Waals surface area (Å²) in [6.07, 6.45) is 1.52. The lowest BCUT2D eigenvalue weighted by atomic mass is 10.1. The fourth-order valence-corrected chi connectivity index (χ4v) is 2.34. The number of nitrogens with one attached hydrogen (secondary N) is 2. The lowest BCUT2D eigenvalue weighted by Crippen LogP contribution is -2.05. The molecule has 0 aliphatic rings. The fraction of sp³-hybridized carbons (Fsp3) is 0.176. The monoisotopic (exact) mass is 328 g/mol. The first-order valence-corrected chi connectivity index (χ1v) is 7.65. The number of aromatic amines is 1. The molecule has 1 heterocycles. The van der Waals surface area contributed by atoms with E-state index in [4.69, 9.17) is 16.3 Å².